The molecule has 24 heavy (non-hydrogen) atoms. The van der Waals surface area contributed by atoms with Crippen LogP contribution in [0.3, 0.4) is 0 Å². The van der Waals surface area contributed by atoms with Crippen LogP contribution < -0.4 is 19.7 Å². The molecule has 0 radical (unpaired) electrons. The topological polar surface area (TPSA) is 33.7 Å². The van der Waals surface area contributed by atoms with Crippen LogP contribution in [0.4, 0.5) is 11.4 Å². The zero-order valence-corrected chi connectivity index (χ0v) is 14.5. The quantitative estimate of drug-likeness (QED) is 0.796. The number of nitrogens with zero attached hydrogens (tertiary/aromatic N) is 1. The van der Waals surface area contributed by atoms with Gasteiger partial charge in [0.2, 0.25) is 0 Å². The van der Waals surface area contributed by atoms with Crippen molar-refractivity contribution in [1.82, 2.24) is 0 Å². The first-order chi connectivity index (χ1) is 11.7. The Morgan fingerprint density at radius 2 is 1.92 bits per heavy atom. The normalized spacial score (nSPS) is 15.6. The SMILES string of the molecule is Cc1ccc2c(c1)CCCN2C(=S)Nc1ccc2c(c1)OCCO2. The van der Waals surface area contributed by atoms with Gasteiger partial charge in [0.15, 0.2) is 16.6 Å². The fourth-order valence-electron chi connectivity index (χ4n) is 3.25. The minimum atomic E-state index is 0.583. The lowest BCUT2D eigenvalue weighted by molar-refractivity contribution is 0.171. The van der Waals surface area contributed by atoms with Gasteiger partial charge >= 0.3 is 0 Å². The number of hydrogen-bond acceptors (Lipinski definition) is 3. The van der Waals surface area contributed by atoms with E-state index in [0.717, 1.165) is 41.7 Å². The Bertz CT molecular complexity index is 791. The molecule has 0 aromatic heterocycles. The average molecular weight is 340 g/mol. The van der Waals surface area contributed by atoms with E-state index in [1.807, 2.05) is 18.2 Å². The van der Waals surface area contributed by atoms with Gasteiger partial charge in [-0.3, -0.25) is 0 Å². The van der Waals surface area contributed by atoms with E-state index in [2.05, 4.69) is 35.3 Å². The molecule has 1 N–H and O–H groups in total. The maximum atomic E-state index is 5.66. The van der Waals surface area contributed by atoms with Crippen LogP contribution >= 0.6 is 12.2 Å². The van der Waals surface area contributed by atoms with Gasteiger partial charge in [0.05, 0.1) is 0 Å². The van der Waals surface area contributed by atoms with Crippen LogP contribution in [-0.2, 0) is 6.42 Å². The van der Waals surface area contributed by atoms with Gasteiger partial charge in [-0.15, -0.1) is 0 Å². The summed E-state index contributed by atoms with van der Waals surface area (Å²) < 4.78 is 11.2. The van der Waals surface area contributed by atoms with Crippen molar-refractivity contribution in [2.24, 2.45) is 0 Å². The Hall–Kier alpha value is -2.27. The third-order valence-electron chi connectivity index (χ3n) is 4.39. The van der Waals surface area contributed by atoms with E-state index in [4.69, 9.17) is 21.7 Å². The second kappa shape index (κ2) is 6.32. The summed E-state index contributed by atoms with van der Waals surface area (Å²) in [5.74, 6) is 1.56. The molecule has 0 bridgehead atoms. The van der Waals surface area contributed by atoms with Gasteiger partial charge in [0, 0.05) is 24.0 Å². The van der Waals surface area contributed by atoms with E-state index in [0.29, 0.717) is 13.2 Å². The van der Waals surface area contributed by atoms with E-state index >= 15 is 0 Å². The summed E-state index contributed by atoms with van der Waals surface area (Å²) in [6.45, 7) is 4.25. The first kappa shape index (κ1) is 15.3. The van der Waals surface area contributed by atoms with Crippen molar-refractivity contribution in [2.75, 3.05) is 30.0 Å². The average Bonchev–Trinajstić information content (AvgIpc) is 2.60. The molecule has 0 spiro atoms. The van der Waals surface area contributed by atoms with Crippen molar-refractivity contribution in [2.45, 2.75) is 19.8 Å². The van der Waals surface area contributed by atoms with Gasteiger partial charge < -0.3 is 19.7 Å². The Balaban J connectivity index is 1.55. The maximum Gasteiger partial charge on any atom is 0.177 e. The summed E-state index contributed by atoms with van der Waals surface area (Å²) in [5, 5.41) is 4.06. The predicted octanol–water partition coefficient (Wildman–Crippen LogP) is 3.92. The number of fused-ring (bicyclic) bond motifs is 2. The highest BCUT2D eigenvalue weighted by Gasteiger charge is 2.21. The fraction of sp³-hybridized carbons (Fsp3) is 0.316. The van der Waals surface area contributed by atoms with Crippen LogP contribution in [-0.4, -0.2) is 24.9 Å². The lowest BCUT2D eigenvalue weighted by Gasteiger charge is -2.32. The predicted molar refractivity (Wildman–Crippen MR) is 100 cm³/mol. The number of nitrogens with one attached hydrogen (secondary N) is 1. The summed E-state index contributed by atoms with van der Waals surface area (Å²) in [4.78, 5) is 2.18. The molecule has 0 amide bonds. The molecule has 2 aliphatic heterocycles. The van der Waals surface area contributed by atoms with Gasteiger partial charge in [0.25, 0.3) is 0 Å². The molecule has 4 nitrogen and oxygen atoms in total. The van der Waals surface area contributed by atoms with Crippen molar-refractivity contribution in [3.63, 3.8) is 0 Å². The molecule has 2 aromatic rings. The Morgan fingerprint density at radius 1 is 1.08 bits per heavy atom. The molecule has 2 heterocycles. The molecule has 0 unspecified atom stereocenters. The van der Waals surface area contributed by atoms with E-state index < -0.39 is 0 Å². The van der Waals surface area contributed by atoms with Gasteiger partial charge in [-0.1, -0.05) is 17.7 Å². The van der Waals surface area contributed by atoms with Gasteiger partial charge in [-0.05, 0) is 55.7 Å². The maximum absolute atomic E-state index is 5.66. The lowest BCUT2D eigenvalue weighted by Crippen LogP contribution is -2.38. The van der Waals surface area contributed by atoms with Gasteiger partial charge in [0.1, 0.15) is 13.2 Å². The molecule has 5 heteroatoms. The third kappa shape index (κ3) is 2.91. The summed E-state index contributed by atoms with van der Waals surface area (Å²) in [5.41, 5.74) is 4.79. The largest absolute Gasteiger partial charge is 0.486 e. The van der Waals surface area contributed by atoms with Gasteiger partial charge in [-0.25, -0.2) is 0 Å². The molecule has 2 aliphatic rings. The highest BCUT2D eigenvalue weighted by atomic mass is 32.1. The Labute approximate surface area is 147 Å². The van der Waals surface area contributed by atoms with Crippen LogP contribution in [0.5, 0.6) is 11.5 Å². The number of rotatable bonds is 1. The first-order valence-corrected chi connectivity index (χ1v) is 8.69. The first-order valence-electron chi connectivity index (χ1n) is 8.28. The van der Waals surface area contributed by atoms with Crippen LogP contribution in [0.1, 0.15) is 17.5 Å². The molecular weight excluding hydrogens is 320 g/mol. The molecule has 4 rings (SSSR count). The monoisotopic (exact) mass is 340 g/mol. The zero-order valence-electron chi connectivity index (χ0n) is 13.7. The van der Waals surface area contributed by atoms with Crippen molar-refractivity contribution in [3.05, 3.63) is 47.5 Å². The highest BCUT2D eigenvalue weighted by molar-refractivity contribution is 7.80. The summed E-state index contributed by atoms with van der Waals surface area (Å²) in [6, 6.07) is 12.4. The molecular formula is C19H20N2O2S. The summed E-state index contributed by atoms with van der Waals surface area (Å²) in [6.07, 6.45) is 2.22. The number of benzene rings is 2. The standard InChI is InChI=1S/C19H20N2O2S/c1-13-4-6-16-14(11-13)3-2-8-21(16)19(24)20-15-5-7-17-18(12-15)23-10-9-22-17/h4-7,11-12H,2-3,8-10H2,1H3,(H,20,24). The number of thiocarbonyl (C=S) groups is 1. The number of ether oxygens (including phenoxy) is 2. The minimum Gasteiger partial charge on any atom is -0.486 e. The van der Waals surface area contributed by atoms with Crippen molar-refractivity contribution < 1.29 is 9.47 Å². The van der Waals surface area contributed by atoms with E-state index in [1.54, 1.807) is 0 Å². The van der Waals surface area contributed by atoms with Crippen LogP contribution in [0, 0.1) is 6.92 Å². The van der Waals surface area contributed by atoms with Crippen LogP contribution in [0.25, 0.3) is 0 Å². The van der Waals surface area contributed by atoms with Crippen molar-refractivity contribution >= 4 is 28.7 Å². The van der Waals surface area contributed by atoms with E-state index in [9.17, 15) is 0 Å². The molecule has 0 atom stereocenters. The van der Waals surface area contributed by atoms with Crippen molar-refractivity contribution in [3.8, 4) is 11.5 Å². The number of anilines is 2. The summed E-state index contributed by atoms with van der Waals surface area (Å²) >= 11 is 5.66. The van der Waals surface area contributed by atoms with Crippen LogP contribution in [0.2, 0.25) is 0 Å². The summed E-state index contributed by atoms with van der Waals surface area (Å²) in [7, 11) is 0. The van der Waals surface area contributed by atoms with E-state index in [-0.39, 0.29) is 0 Å². The third-order valence-corrected chi connectivity index (χ3v) is 4.71. The Morgan fingerprint density at radius 3 is 2.79 bits per heavy atom. The second-order valence-electron chi connectivity index (χ2n) is 6.18. The zero-order chi connectivity index (χ0) is 16.5. The molecule has 0 saturated carbocycles. The molecule has 0 saturated heterocycles. The van der Waals surface area contributed by atoms with Gasteiger partial charge in [-0.2, -0.15) is 0 Å². The van der Waals surface area contributed by atoms with Crippen molar-refractivity contribution in [1.29, 1.82) is 0 Å². The lowest BCUT2D eigenvalue weighted by atomic mass is 10.00. The highest BCUT2D eigenvalue weighted by Crippen LogP contribution is 2.33. The number of aryl methyl sites for hydroxylation is 2. The molecule has 0 aliphatic carbocycles. The number of hydrogen-bond donors (Lipinski definition) is 1. The Kier molecular flexibility index (Phi) is 4.02. The minimum absolute atomic E-state index is 0.583. The van der Waals surface area contributed by atoms with Crippen LogP contribution in [0.15, 0.2) is 36.4 Å². The molecule has 124 valence electrons. The van der Waals surface area contributed by atoms with E-state index in [1.165, 1.54) is 16.8 Å². The second-order valence-corrected chi connectivity index (χ2v) is 6.56. The fourth-order valence-corrected chi connectivity index (χ4v) is 3.56. The molecule has 0 fully saturated rings. The molecule has 2 aromatic carbocycles. The smallest absolute Gasteiger partial charge is 0.177 e.